The van der Waals surface area contributed by atoms with E-state index in [1.807, 2.05) is 0 Å². The van der Waals surface area contributed by atoms with E-state index in [0.717, 1.165) is 18.2 Å². The maximum atomic E-state index is 12.1. The van der Waals surface area contributed by atoms with Gasteiger partial charge in [0.2, 0.25) is 10.0 Å². The average molecular weight is 321 g/mol. The molecule has 1 rings (SSSR count). The molecule has 116 valence electrons. The Morgan fingerprint density at radius 2 is 2.14 bits per heavy atom. The SMILES string of the molecule is COc1ccc(S(=O)(=O)NCC(F)F)cc1/C=C/C(=O)O. The van der Waals surface area contributed by atoms with Gasteiger partial charge in [-0.1, -0.05) is 0 Å². The van der Waals surface area contributed by atoms with Gasteiger partial charge in [0.25, 0.3) is 6.43 Å². The molecule has 0 aromatic heterocycles. The quantitative estimate of drug-likeness (QED) is 0.739. The second-order valence-electron chi connectivity index (χ2n) is 3.82. The first-order valence-corrected chi connectivity index (χ1v) is 7.11. The lowest BCUT2D eigenvalue weighted by Gasteiger charge is -2.09. The summed E-state index contributed by atoms with van der Waals surface area (Å²) >= 11 is 0. The molecule has 0 aliphatic rings. The molecule has 0 radical (unpaired) electrons. The van der Waals surface area contributed by atoms with Gasteiger partial charge in [-0.05, 0) is 24.3 Å². The van der Waals surface area contributed by atoms with Gasteiger partial charge in [-0.15, -0.1) is 0 Å². The van der Waals surface area contributed by atoms with Gasteiger partial charge >= 0.3 is 5.97 Å². The highest BCUT2D eigenvalue weighted by Gasteiger charge is 2.17. The summed E-state index contributed by atoms with van der Waals surface area (Å²) in [6.07, 6.45) is -0.863. The first-order valence-electron chi connectivity index (χ1n) is 5.63. The zero-order valence-corrected chi connectivity index (χ0v) is 11.7. The third-order valence-electron chi connectivity index (χ3n) is 2.34. The largest absolute Gasteiger partial charge is 0.496 e. The standard InChI is InChI=1S/C12H13F2NO5S/c1-20-10-4-3-9(6-8(10)2-5-12(16)17)21(18,19)15-7-11(13)14/h2-6,11,15H,7H2,1H3,(H,16,17)/b5-2+. The van der Waals surface area contributed by atoms with Gasteiger partial charge < -0.3 is 9.84 Å². The third-order valence-corrected chi connectivity index (χ3v) is 3.77. The first kappa shape index (κ1) is 17.1. The van der Waals surface area contributed by atoms with Crippen LogP contribution in [-0.2, 0) is 14.8 Å². The second kappa shape index (κ2) is 7.14. The van der Waals surface area contributed by atoms with E-state index in [4.69, 9.17) is 9.84 Å². The molecule has 0 atom stereocenters. The summed E-state index contributed by atoms with van der Waals surface area (Å²) in [5, 5.41) is 8.57. The van der Waals surface area contributed by atoms with E-state index in [1.54, 1.807) is 4.72 Å². The maximum Gasteiger partial charge on any atom is 0.328 e. The molecule has 0 amide bonds. The van der Waals surface area contributed by atoms with Crippen molar-refractivity contribution < 1.29 is 31.8 Å². The minimum Gasteiger partial charge on any atom is -0.496 e. The second-order valence-corrected chi connectivity index (χ2v) is 5.59. The van der Waals surface area contributed by atoms with E-state index < -0.39 is 29.0 Å². The smallest absolute Gasteiger partial charge is 0.328 e. The van der Waals surface area contributed by atoms with Crippen LogP contribution >= 0.6 is 0 Å². The van der Waals surface area contributed by atoms with Gasteiger partial charge in [0.15, 0.2) is 0 Å². The van der Waals surface area contributed by atoms with Crippen LogP contribution in [0.4, 0.5) is 8.78 Å². The van der Waals surface area contributed by atoms with Crippen molar-refractivity contribution in [1.29, 1.82) is 0 Å². The molecule has 0 aliphatic heterocycles. The maximum absolute atomic E-state index is 12.1. The number of rotatable bonds is 7. The number of nitrogens with one attached hydrogen (secondary N) is 1. The number of methoxy groups -OCH3 is 1. The Morgan fingerprint density at radius 3 is 2.67 bits per heavy atom. The molecule has 9 heteroatoms. The van der Waals surface area contributed by atoms with Crippen molar-refractivity contribution >= 4 is 22.1 Å². The van der Waals surface area contributed by atoms with Gasteiger partial charge in [-0.25, -0.2) is 26.7 Å². The number of aliphatic carboxylic acids is 1. The first-order chi connectivity index (χ1) is 9.76. The Kier molecular flexibility index (Phi) is 5.79. The van der Waals surface area contributed by atoms with Crippen molar-refractivity contribution in [2.75, 3.05) is 13.7 Å². The Labute approximate surface area is 120 Å². The van der Waals surface area contributed by atoms with Crippen LogP contribution < -0.4 is 9.46 Å². The number of carboxylic acid groups (broad SMARTS) is 1. The predicted molar refractivity (Wildman–Crippen MR) is 70.9 cm³/mol. The van der Waals surface area contributed by atoms with Gasteiger partial charge in [-0.3, -0.25) is 0 Å². The molecular weight excluding hydrogens is 308 g/mol. The average Bonchev–Trinajstić information content (AvgIpc) is 2.42. The number of halogens is 2. The molecule has 0 fully saturated rings. The van der Waals surface area contributed by atoms with Crippen molar-refractivity contribution in [3.8, 4) is 5.75 Å². The molecule has 0 saturated carbocycles. The van der Waals surface area contributed by atoms with Crippen molar-refractivity contribution in [3.05, 3.63) is 29.8 Å². The van der Waals surface area contributed by atoms with Crippen LogP contribution in [0.15, 0.2) is 29.2 Å². The lowest BCUT2D eigenvalue weighted by atomic mass is 10.2. The van der Waals surface area contributed by atoms with Gasteiger partial charge in [-0.2, -0.15) is 0 Å². The molecule has 21 heavy (non-hydrogen) atoms. The predicted octanol–water partition coefficient (Wildman–Crippen LogP) is 1.34. The number of ether oxygens (including phenoxy) is 1. The zero-order valence-electron chi connectivity index (χ0n) is 10.9. The number of hydrogen-bond acceptors (Lipinski definition) is 4. The lowest BCUT2D eigenvalue weighted by Crippen LogP contribution is -2.28. The van der Waals surface area contributed by atoms with E-state index >= 15 is 0 Å². The number of carboxylic acids is 1. The zero-order chi connectivity index (χ0) is 16.0. The number of benzene rings is 1. The van der Waals surface area contributed by atoms with Crippen molar-refractivity contribution in [2.24, 2.45) is 0 Å². The van der Waals surface area contributed by atoms with Crippen molar-refractivity contribution in [1.82, 2.24) is 4.72 Å². The molecular formula is C12H13F2NO5S. The van der Waals surface area contributed by atoms with Gasteiger partial charge in [0.1, 0.15) is 5.75 Å². The number of carbonyl (C=O) groups is 1. The molecule has 0 bridgehead atoms. The minimum atomic E-state index is -4.11. The summed E-state index contributed by atoms with van der Waals surface area (Å²) in [4.78, 5) is 10.2. The number of hydrogen-bond donors (Lipinski definition) is 2. The highest BCUT2D eigenvalue weighted by atomic mass is 32.2. The van der Waals surface area contributed by atoms with E-state index in [1.165, 1.54) is 19.2 Å². The van der Waals surface area contributed by atoms with Crippen LogP contribution in [0, 0.1) is 0 Å². The van der Waals surface area contributed by atoms with Crippen LogP contribution in [0.2, 0.25) is 0 Å². The van der Waals surface area contributed by atoms with Gasteiger partial charge in [0, 0.05) is 11.6 Å². The van der Waals surface area contributed by atoms with E-state index in [-0.39, 0.29) is 16.2 Å². The molecule has 1 aromatic rings. The summed E-state index contributed by atoms with van der Waals surface area (Å²) in [5.41, 5.74) is 0.194. The summed E-state index contributed by atoms with van der Waals surface area (Å²) in [7, 11) is -2.78. The highest BCUT2D eigenvalue weighted by molar-refractivity contribution is 7.89. The third kappa shape index (κ3) is 5.12. The number of alkyl halides is 2. The molecule has 0 saturated heterocycles. The number of sulfonamides is 1. The summed E-state index contributed by atoms with van der Waals surface area (Å²) in [6.45, 7) is -1.01. The molecule has 2 N–H and O–H groups in total. The fourth-order valence-corrected chi connectivity index (χ4v) is 2.47. The fourth-order valence-electron chi connectivity index (χ4n) is 1.43. The minimum absolute atomic E-state index is 0.194. The highest BCUT2D eigenvalue weighted by Crippen LogP contribution is 2.23. The molecule has 0 spiro atoms. The Balaban J connectivity index is 3.15. The van der Waals surface area contributed by atoms with E-state index in [9.17, 15) is 22.0 Å². The molecule has 0 heterocycles. The van der Waals surface area contributed by atoms with E-state index in [0.29, 0.717) is 0 Å². The van der Waals surface area contributed by atoms with Crippen LogP contribution in [0.1, 0.15) is 5.56 Å². The van der Waals surface area contributed by atoms with Gasteiger partial charge in [0.05, 0.1) is 18.6 Å². The summed E-state index contributed by atoms with van der Waals surface area (Å²) < 4.78 is 54.4. The summed E-state index contributed by atoms with van der Waals surface area (Å²) in [5.74, 6) is -0.971. The normalized spacial score (nSPS) is 12.0. The van der Waals surface area contributed by atoms with Crippen LogP contribution in [0.5, 0.6) is 5.75 Å². The van der Waals surface area contributed by atoms with Crippen LogP contribution in [0.25, 0.3) is 6.08 Å². The topological polar surface area (TPSA) is 92.7 Å². The van der Waals surface area contributed by atoms with Crippen molar-refractivity contribution in [2.45, 2.75) is 11.3 Å². The molecule has 0 aliphatic carbocycles. The Bertz CT molecular complexity index is 643. The lowest BCUT2D eigenvalue weighted by molar-refractivity contribution is -0.131. The fraction of sp³-hybridized carbons (Fsp3) is 0.250. The van der Waals surface area contributed by atoms with E-state index in [2.05, 4.69) is 0 Å². The van der Waals surface area contributed by atoms with Crippen LogP contribution in [0.3, 0.4) is 0 Å². The summed E-state index contributed by atoms with van der Waals surface area (Å²) in [6, 6.07) is 3.61. The molecule has 0 unspecified atom stereocenters. The van der Waals surface area contributed by atoms with Crippen molar-refractivity contribution in [3.63, 3.8) is 0 Å². The Hall–Kier alpha value is -2.00. The van der Waals surface area contributed by atoms with Crippen LogP contribution in [-0.4, -0.2) is 39.6 Å². The Morgan fingerprint density at radius 1 is 1.48 bits per heavy atom. The molecule has 1 aromatic carbocycles. The monoisotopic (exact) mass is 321 g/mol. The molecule has 6 nitrogen and oxygen atoms in total.